The minimum atomic E-state index is 0.353. The molecular weight excluding hydrogens is 254 g/mol. The molecule has 6 heteroatoms. The second-order valence-electron chi connectivity index (χ2n) is 3.75. The molecular formula is C11H21N3OS2. The zero-order valence-corrected chi connectivity index (χ0v) is 12.5. The normalized spacial score (nSPS) is 9.71. The summed E-state index contributed by atoms with van der Waals surface area (Å²) in [4.78, 5) is 6.17. The van der Waals surface area contributed by atoms with Gasteiger partial charge in [0.05, 0.1) is 18.3 Å². The van der Waals surface area contributed by atoms with E-state index in [0.717, 1.165) is 17.2 Å². The molecule has 1 heterocycles. The lowest BCUT2D eigenvalue weighted by atomic mass is 10.5. The van der Waals surface area contributed by atoms with Gasteiger partial charge in [-0.15, -0.1) is 11.3 Å². The van der Waals surface area contributed by atoms with Gasteiger partial charge in [-0.3, -0.25) is 5.41 Å². The van der Waals surface area contributed by atoms with Crippen molar-refractivity contribution in [2.45, 2.75) is 12.2 Å². The summed E-state index contributed by atoms with van der Waals surface area (Å²) in [5.41, 5.74) is 2.96. The Kier molecular flexibility index (Phi) is 10.2. The largest absolute Gasteiger partial charge is 0.484 e. The number of rotatable bonds is 5. The summed E-state index contributed by atoms with van der Waals surface area (Å²) in [5, 5.41) is 9.29. The fourth-order valence-corrected chi connectivity index (χ4v) is 2.26. The maximum atomic E-state index is 7.24. The first-order chi connectivity index (χ1) is 8.06. The van der Waals surface area contributed by atoms with Crippen LogP contribution >= 0.6 is 23.1 Å². The Bertz CT molecular complexity index is 286. The highest BCUT2D eigenvalue weighted by molar-refractivity contribution is 7.98. The Hall–Kier alpha value is -0.590. The predicted molar refractivity (Wildman–Crippen MR) is 77.2 cm³/mol. The van der Waals surface area contributed by atoms with E-state index in [-0.39, 0.29) is 0 Å². The summed E-state index contributed by atoms with van der Waals surface area (Å²) in [6.45, 7) is 0. The molecule has 1 N–H and O–H groups in total. The number of nitrogens with zero attached hydrogens (tertiary/aromatic N) is 2. The fourth-order valence-electron chi connectivity index (χ4n) is 0.752. The van der Waals surface area contributed by atoms with Gasteiger partial charge in [0.1, 0.15) is 0 Å². The molecule has 0 radical (unpaired) electrons. The zero-order valence-electron chi connectivity index (χ0n) is 10.9. The highest BCUT2D eigenvalue weighted by Gasteiger charge is 1.97. The van der Waals surface area contributed by atoms with E-state index in [9.17, 15) is 0 Å². The summed E-state index contributed by atoms with van der Waals surface area (Å²) in [5.74, 6) is 2.20. The van der Waals surface area contributed by atoms with Crippen LogP contribution in [0.15, 0.2) is 10.9 Å². The van der Waals surface area contributed by atoms with Crippen molar-refractivity contribution in [3.8, 4) is 0 Å². The second-order valence-corrected chi connectivity index (χ2v) is 5.58. The minimum absolute atomic E-state index is 0.353. The molecule has 0 saturated carbocycles. The average molecular weight is 275 g/mol. The lowest BCUT2D eigenvalue weighted by Gasteiger charge is -2.00. The highest BCUT2D eigenvalue weighted by Crippen LogP contribution is 2.12. The van der Waals surface area contributed by atoms with Crippen LogP contribution in [-0.2, 0) is 10.5 Å². The quantitative estimate of drug-likeness (QED) is 0.510. The molecule has 0 aromatic carbocycles. The van der Waals surface area contributed by atoms with E-state index >= 15 is 0 Å². The molecule has 0 unspecified atom stereocenters. The molecule has 98 valence electrons. The first-order valence-electron chi connectivity index (χ1n) is 5.23. The highest BCUT2D eigenvalue weighted by atomic mass is 32.2. The van der Waals surface area contributed by atoms with Crippen molar-refractivity contribution in [1.29, 1.82) is 5.41 Å². The van der Waals surface area contributed by atoms with Gasteiger partial charge >= 0.3 is 0 Å². The van der Waals surface area contributed by atoms with Gasteiger partial charge in [0.25, 0.3) is 0 Å². The van der Waals surface area contributed by atoms with Crippen LogP contribution in [-0.4, -0.2) is 49.8 Å². The van der Waals surface area contributed by atoms with Gasteiger partial charge in [0, 0.05) is 23.3 Å². The molecule has 0 amide bonds. The Morgan fingerprint density at radius 3 is 2.65 bits per heavy atom. The monoisotopic (exact) mass is 275 g/mol. The smallest absolute Gasteiger partial charge is 0.180 e. The molecule has 0 bridgehead atoms. The number of thioether (sulfide) groups is 1. The lowest BCUT2D eigenvalue weighted by Crippen LogP contribution is -2.00. The van der Waals surface area contributed by atoms with Crippen molar-refractivity contribution in [3.05, 3.63) is 16.6 Å². The molecule has 0 aliphatic heterocycles. The topological polar surface area (TPSA) is 49.2 Å². The molecule has 4 nitrogen and oxygen atoms in total. The van der Waals surface area contributed by atoms with E-state index in [0.29, 0.717) is 12.3 Å². The Labute approximate surface area is 112 Å². The molecule has 0 aliphatic carbocycles. The van der Waals surface area contributed by atoms with Gasteiger partial charge in [0.15, 0.2) is 5.90 Å². The summed E-state index contributed by atoms with van der Waals surface area (Å²) >= 11 is 3.40. The van der Waals surface area contributed by atoms with Crippen LogP contribution in [0.3, 0.4) is 0 Å². The fraction of sp³-hybridized carbons (Fsp3) is 0.636. The van der Waals surface area contributed by atoms with Crippen molar-refractivity contribution < 1.29 is 4.74 Å². The molecule has 0 aliphatic rings. The minimum Gasteiger partial charge on any atom is -0.484 e. The third-order valence-electron chi connectivity index (χ3n) is 1.45. The maximum absolute atomic E-state index is 7.24. The number of aromatic nitrogens is 1. The predicted octanol–water partition coefficient (Wildman–Crippen LogP) is 2.57. The van der Waals surface area contributed by atoms with Gasteiger partial charge < -0.3 is 9.64 Å². The number of nitrogens with one attached hydrogen (secondary N) is 1. The van der Waals surface area contributed by atoms with Gasteiger partial charge in [0.2, 0.25) is 0 Å². The molecule has 0 saturated heterocycles. The van der Waals surface area contributed by atoms with E-state index in [1.54, 1.807) is 23.1 Å². The number of hydrogen-bond donors (Lipinski definition) is 1. The SMILES string of the molecule is CN(C)C.COC(=N)CCSCc1cscn1. The summed E-state index contributed by atoms with van der Waals surface area (Å²) in [6, 6.07) is 0. The van der Waals surface area contributed by atoms with E-state index < -0.39 is 0 Å². The Balaban J connectivity index is 0.000000557. The van der Waals surface area contributed by atoms with E-state index in [1.807, 2.05) is 31.6 Å². The van der Waals surface area contributed by atoms with Crippen molar-refractivity contribution >= 4 is 29.0 Å². The molecule has 1 rings (SSSR count). The van der Waals surface area contributed by atoms with Crippen LogP contribution in [0.1, 0.15) is 12.1 Å². The molecule has 0 fully saturated rings. The van der Waals surface area contributed by atoms with Gasteiger partial charge in [-0.1, -0.05) is 0 Å². The molecule has 1 aromatic rings. The van der Waals surface area contributed by atoms with Crippen LogP contribution < -0.4 is 0 Å². The zero-order chi connectivity index (χ0) is 13.1. The first kappa shape index (κ1) is 16.4. The third-order valence-corrected chi connectivity index (χ3v) is 3.08. The molecule has 1 aromatic heterocycles. The Morgan fingerprint density at radius 2 is 2.18 bits per heavy atom. The molecule has 0 spiro atoms. The van der Waals surface area contributed by atoms with Crippen LogP contribution in [0.5, 0.6) is 0 Å². The van der Waals surface area contributed by atoms with Gasteiger partial charge in [-0.2, -0.15) is 11.8 Å². The van der Waals surface area contributed by atoms with E-state index in [1.165, 1.54) is 7.11 Å². The molecule has 0 atom stereocenters. The van der Waals surface area contributed by atoms with Crippen LogP contribution in [0, 0.1) is 5.41 Å². The number of thiazole rings is 1. The summed E-state index contributed by atoms with van der Waals surface area (Å²) in [7, 11) is 7.54. The van der Waals surface area contributed by atoms with Crippen molar-refractivity contribution in [3.63, 3.8) is 0 Å². The Morgan fingerprint density at radius 1 is 1.53 bits per heavy atom. The van der Waals surface area contributed by atoms with Crippen molar-refractivity contribution in [2.75, 3.05) is 34.0 Å². The summed E-state index contributed by atoms with van der Waals surface area (Å²) in [6.07, 6.45) is 0.700. The average Bonchev–Trinajstić information content (AvgIpc) is 2.76. The van der Waals surface area contributed by atoms with Gasteiger partial charge in [-0.05, 0) is 21.1 Å². The van der Waals surface area contributed by atoms with Crippen molar-refractivity contribution in [2.24, 2.45) is 0 Å². The van der Waals surface area contributed by atoms with Crippen LogP contribution in [0.2, 0.25) is 0 Å². The van der Waals surface area contributed by atoms with Crippen LogP contribution in [0.4, 0.5) is 0 Å². The second kappa shape index (κ2) is 10.6. The third kappa shape index (κ3) is 11.7. The number of ether oxygens (including phenoxy) is 1. The maximum Gasteiger partial charge on any atom is 0.180 e. The van der Waals surface area contributed by atoms with E-state index in [2.05, 4.69) is 10.4 Å². The van der Waals surface area contributed by atoms with Crippen molar-refractivity contribution in [1.82, 2.24) is 9.88 Å². The number of methoxy groups -OCH3 is 1. The summed E-state index contributed by atoms with van der Waals surface area (Å²) < 4.78 is 4.74. The number of hydrogen-bond acceptors (Lipinski definition) is 6. The van der Waals surface area contributed by atoms with E-state index in [4.69, 9.17) is 10.1 Å². The first-order valence-corrected chi connectivity index (χ1v) is 7.33. The standard InChI is InChI=1S/C8H12N2OS2.C3H9N/c1-11-8(9)2-3-12-4-7-5-13-6-10-7;1-4(2)3/h5-6,9H,2-4H2,1H3;1-3H3. The molecule has 17 heavy (non-hydrogen) atoms. The van der Waals surface area contributed by atoms with Crippen LogP contribution in [0.25, 0.3) is 0 Å². The lowest BCUT2D eigenvalue weighted by molar-refractivity contribution is 0.389. The van der Waals surface area contributed by atoms with Gasteiger partial charge in [-0.25, -0.2) is 4.98 Å².